The van der Waals surface area contributed by atoms with Crippen LogP contribution in [0.15, 0.2) is 12.4 Å². The molecule has 0 saturated heterocycles. The average molecular weight is 291 g/mol. The fraction of sp³-hybridized carbons (Fsp3) is 0.750. The van der Waals surface area contributed by atoms with Gasteiger partial charge in [0.05, 0.1) is 31.1 Å². The molecular weight excluding hydrogens is 266 g/mol. The van der Waals surface area contributed by atoms with Gasteiger partial charge in [0.2, 0.25) is 5.88 Å². The monoisotopic (exact) mass is 291 g/mol. The van der Waals surface area contributed by atoms with Crippen molar-refractivity contribution in [2.75, 3.05) is 11.9 Å². The van der Waals surface area contributed by atoms with Gasteiger partial charge in [-0.1, -0.05) is 25.7 Å². The van der Waals surface area contributed by atoms with Crippen LogP contribution in [0.4, 0.5) is 5.82 Å². The van der Waals surface area contributed by atoms with Crippen molar-refractivity contribution in [3.8, 4) is 5.88 Å². The summed E-state index contributed by atoms with van der Waals surface area (Å²) in [6.45, 7) is 0.740. The van der Waals surface area contributed by atoms with Crippen LogP contribution in [0, 0.1) is 5.92 Å². The third-order valence-electron chi connectivity index (χ3n) is 4.62. The maximum Gasteiger partial charge on any atom is 0.234 e. The average Bonchev–Trinajstić information content (AvgIpc) is 3.01. The molecule has 3 rings (SSSR count). The van der Waals surface area contributed by atoms with E-state index in [0.29, 0.717) is 17.6 Å². The zero-order chi connectivity index (χ0) is 14.5. The highest BCUT2D eigenvalue weighted by Crippen LogP contribution is 2.26. The van der Waals surface area contributed by atoms with Crippen molar-refractivity contribution in [3.05, 3.63) is 12.4 Å². The maximum absolute atomic E-state index is 10.0. The number of nitrogens with one attached hydrogen (secondary N) is 1. The highest BCUT2D eigenvalue weighted by molar-refractivity contribution is 5.35. The lowest BCUT2D eigenvalue weighted by atomic mass is 9.93. The molecule has 2 aliphatic rings. The molecule has 0 spiro atoms. The largest absolute Gasteiger partial charge is 0.476 e. The molecule has 0 radical (unpaired) electrons. The number of hydrogen-bond acceptors (Lipinski definition) is 5. The summed E-state index contributed by atoms with van der Waals surface area (Å²) in [7, 11) is 0. The molecule has 1 aromatic rings. The van der Waals surface area contributed by atoms with E-state index >= 15 is 0 Å². The van der Waals surface area contributed by atoms with Gasteiger partial charge in [-0.25, -0.2) is 0 Å². The van der Waals surface area contributed by atoms with Gasteiger partial charge in [0.1, 0.15) is 5.82 Å². The fourth-order valence-electron chi connectivity index (χ4n) is 3.34. The van der Waals surface area contributed by atoms with Gasteiger partial charge in [-0.15, -0.1) is 0 Å². The van der Waals surface area contributed by atoms with Crippen LogP contribution in [0.1, 0.15) is 51.4 Å². The van der Waals surface area contributed by atoms with Crippen molar-refractivity contribution in [1.29, 1.82) is 0 Å². The Morgan fingerprint density at radius 3 is 2.67 bits per heavy atom. The lowest BCUT2D eigenvalue weighted by Gasteiger charge is -2.28. The van der Waals surface area contributed by atoms with E-state index in [1.54, 1.807) is 12.4 Å². The van der Waals surface area contributed by atoms with Crippen LogP contribution >= 0.6 is 0 Å². The molecule has 2 saturated carbocycles. The first-order valence-corrected chi connectivity index (χ1v) is 8.21. The standard InChI is InChI=1S/C16H25N3O2/c20-14-8-4-3-7-13(14)18-15-9-17-10-16(19-15)21-11-12-5-1-2-6-12/h9-10,12-14,20H,1-8,11H2,(H,18,19)/t13-,14-/m0/s1. The second kappa shape index (κ2) is 7.07. The summed E-state index contributed by atoms with van der Waals surface area (Å²) >= 11 is 0. The van der Waals surface area contributed by atoms with Gasteiger partial charge < -0.3 is 15.2 Å². The Morgan fingerprint density at radius 1 is 1.10 bits per heavy atom. The van der Waals surface area contributed by atoms with Crippen molar-refractivity contribution < 1.29 is 9.84 Å². The third-order valence-corrected chi connectivity index (χ3v) is 4.62. The number of aliphatic hydroxyl groups excluding tert-OH is 1. The normalized spacial score (nSPS) is 26.7. The molecule has 0 unspecified atom stereocenters. The highest BCUT2D eigenvalue weighted by atomic mass is 16.5. The Bertz CT molecular complexity index is 449. The highest BCUT2D eigenvalue weighted by Gasteiger charge is 2.23. The van der Waals surface area contributed by atoms with Crippen LogP contribution in [0.3, 0.4) is 0 Å². The van der Waals surface area contributed by atoms with E-state index in [4.69, 9.17) is 4.74 Å². The lowest BCUT2D eigenvalue weighted by molar-refractivity contribution is 0.116. The maximum atomic E-state index is 10.0. The van der Waals surface area contributed by atoms with Gasteiger partial charge in [-0.3, -0.25) is 4.98 Å². The number of hydrogen-bond donors (Lipinski definition) is 2. The number of anilines is 1. The Morgan fingerprint density at radius 2 is 1.86 bits per heavy atom. The van der Waals surface area contributed by atoms with Crippen molar-refractivity contribution >= 4 is 5.82 Å². The van der Waals surface area contributed by atoms with Crippen molar-refractivity contribution in [2.45, 2.75) is 63.5 Å². The topological polar surface area (TPSA) is 67.3 Å². The summed E-state index contributed by atoms with van der Waals surface area (Å²) in [6.07, 6.45) is 12.3. The lowest BCUT2D eigenvalue weighted by Crippen LogP contribution is -2.36. The molecular formula is C16H25N3O2. The number of aromatic nitrogens is 2. The molecule has 2 atom stereocenters. The van der Waals surface area contributed by atoms with E-state index in [9.17, 15) is 5.11 Å². The first-order valence-electron chi connectivity index (χ1n) is 8.21. The molecule has 21 heavy (non-hydrogen) atoms. The van der Waals surface area contributed by atoms with Crippen LogP contribution in [-0.4, -0.2) is 33.8 Å². The molecule has 2 aliphatic carbocycles. The SMILES string of the molecule is O[C@H]1CCCC[C@@H]1Nc1cncc(OCC2CCCC2)n1. The second-order valence-electron chi connectivity index (χ2n) is 6.31. The second-order valence-corrected chi connectivity index (χ2v) is 6.31. The van der Waals surface area contributed by atoms with Crippen LogP contribution in [-0.2, 0) is 0 Å². The quantitative estimate of drug-likeness (QED) is 0.873. The van der Waals surface area contributed by atoms with Gasteiger partial charge in [-0.05, 0) is 31.6 Å². The number of ether oxygens (including phenoxy) is 1. The zero-order valence-corrected chi connectivity index (χ0v) is 12.5. The first kappa shape index (κ1) is 14.6. The molecule has 5 heteroatoms. The molecule has 1 aromatic heterocycles. The Labute approximate surface area is 126 Å². The van der Waals surface area contributed by atoms with E-state index < -0.39 is 0 Å². The summed E-state index contributed by atoms with van der Waals surface area (Å²) in [4.78, 5) is 8.64. The molecule has 0 amide bonds. The summed E-state index contributed by atoms with van der Waals surface area (Å²) < 4.78 is 5.77. The first-order chi connectivity index (χ1) is 10.3. The van der Waals surface area contributed by atoms with Gasteiger partial charge in [0.15, 0.2) is 0 Å². The zero-order valence-electron chi connectivity index (χ0n) is 12.5. The third kappa shape index (κ3) is 4.06. The fourth-order valence-corrected chi connectivity index (χ4v) is 3.34. The van der Waals surface area contributed by atoms with Crippen molar-refractivity contribution in [3.63, 3.8) is 0 Å². The minimum atomic E-state index is -0.288. The predicted octanol–water partition coefficient (Wildman–Crippen LogP) is 2.76. The number of aliphatic hydroxyl groups is 1. The minimum Gasteiger partial charge on any atom is -0.476 e. The minimum absolute atomic E-state index is 0.0816. The molecule has 2 N–H and O–H groups in total. The molecule has 0 aromatic carbocycles. The van der Waals surface area contributed by atoms with Crippen LogP contribution < -0.4 is 10.1 Å². The molecule has 116 valence electrons. The Hall–Kier alpha value is -1.36. The van der Waals surface area contributed by atoms with Crippen LogP contribution in [0.5, 0.6) is 5.88 Å². The molecule has 1 heterocycles. The van der Waals surface area contributed by atoms with Crippen LogP contribution in [0.25, 0.3) is 0 Å². The summed E-state index contributed by atoms with van der Waals surface area (Å²) in [5.41, 5.74) is 0. The van der Waals surface area contributed by atoms with E-state index in [2.05, 4.69) is 15.3 Å². The van der Waals surface area contributed by atoms with E-state index in [-0.39, 0.29) is 12.1 Å². The van der Waals surface area contributed by atoms with Crippen molar-refractivity contribution in [2.24, 2.45) is 5.92 Å². The van der Waals surface area contributed by atoms with E-state index in [0.717, 1.165) is 32.3 Å². The number of rotatable bonds is 5. The molecule has 2 fully saturated rings. The smallest absolute Gasteiger partial charge is 0.234 e. The van der Waals surface area contributed by atoms with Gasteiger partial charge >= 0.3 is 0 Å². The molecule has 5 nitrogen and oxygen atoms in total. The van der Waals surface area contributed by atoms with Gasteiger partial charge in [0.25, 0.3) is 0 Å². The van der Waals surface area contributed by atoms with E-state index in [1.165, 1.54) is 25.7 Å². The van der Waals surface area contributed by atoms with E-state index in [1.807, 2.05) is 0 Å². The predicted molar refractivity (Wildman–Crippen MR) is 81.4 cm³/mol. The van der Waals surface area contributed by atoms with Crippen LogP contribution in [0.2, 0.25) is 0 Å². The molecule has 0 aliphatic heterocycles. The van der Waals surface area contributed by atoms with Crippen molar-refractivity contribution in [1.82, 2.24) is 9.97 Å². The summed E-state index contributed by atoms with van der Waals surface area (Å²) in [6, 6.07) is 0.0816. The molecule has 0 bridgehead atoms. The summed E-state index contributed by atoms with van der Waals surface area (Å²) in [5.74, 6) is 1.95. The number of nitrogens with zero attached hydrogens (tertiary/aromatic N) is 2. The van der Waals surface area contributed by atoms with Gasteiger partial charge in [-0.2, -0.15) is 4.98 Å². The van der Waals surface area contributed by atoms with Gasteiger partial charge in [0, 0.05) is 0 Å². The Balaban J connectivity index is 1.54. The summed E-state index contributed by atoms with van der Waals surface area (Å²) in [5, 5.41) is 13.3. The Kier molecular flexibility index (Phi) is 4.91.